The van der Waals surface area contributed by atoms with E-state index >= 15 is 0 Å². The van der Waals surface area contributed by atoms with E-state index in [1.165, 1.54) is 7.11 Å². The Labute approximate surface area is 298 Å². The molecule has 1 unspecified atom stereocenters. The number of aromatic nitrogens is 5. The van der Waals surface area contributed by atoms with Crippen LogP contribution in [0.2, 0.25) is 30.7 Å². The highest BCUT2D eigenvalue weighted by molar-refractivity contribution is 7.93. The fraction of sp³-hybridized carbons (Fsp3) is 0.469. The largest absolute Gasteiger partial charge is 0.474 e. The minimum Gasteiger partial charge on any atom is -0.459 e. The maximum Gasteiger partial charge on any atom is 0.474 e. The number of aliphatic hydroxyl groups is 1. The third kappa shape index (κ3) is 9.68. The summed E-state index contributed by atoms with van der Waals surface area (Å²) >= 11 is 6.72. The summed E-state index contributed by atoms with van der Waals surface area (Å²) in [5, 5.41) is 10.6. The zero-order valence-corrected chi connectivity index (χ0v) is 31.1. The van der Waals surface area contributed by atoms with Crippen LogP contribution < -0.4 is 4.74 Å². The molecule has 276 valence electrons. The van der Waals surface area contributed by atoms with Crippen molar-refractivity contribution in [1.82, 2.24) is 24.5 Å². The molecule has 0 radical (unpaired) electrons. The molecule has 13 nitrogen and oxygen atoms in total. The molecule has 1 amide bonds. The SMILES string of the molecule is COC[C@@H](O)[C@@H]1C[C@H](Oc2nc3cc(Cl)c(-c4ccc(-c5ncc(S(C)(=O)=NC(=O)C(F)(F)F)cn5)cc4)nc3n2COCC[Si](C)(C)C)CO1. The standard InChI is InChI=1S/C32H38ClF3N6O7SSi/c1-46-17-25(43)26-12-21(16-48-26)49-31-39-24-13-23(33)27(40-29(24)42(31)18-47-10-11-51(3,4)5)19-6-8-20(9-7-19)28-37-14-22(15-38-28)50(2,45)41-30(44)32(34,35)36/h6-9,13-15,21,25-26,43H,10-12,16-18H2,1-5H3/t21-,25+,26-,50?/m0/s1. The summed E-state index contributed by atoms with van der Waals surface area (Å²) in [6, 6.07) is 9.82. The van der Waals surface area contributed by atoms with E-state index in [1.807, 2.05) is 0 Å². The van der Waals surface area contributed by atoms with Gasteiger partial charge in [-0.25, -0.2) is 19.2 Å². The molecule has 4 heterocycles. The molecule has 0 bridgehead atoms. The molecule has 4 atom stereocenters. The monoisotopic (exact) mass is 770 g/mol. The van der Waals surface area contributed by atoms with Crippen LogP contribution in [0.4, 0.5) is 13.2 Å². The summed E-state index contributed by atoms with van der Waals surface area (Å²) in [6.45, 7) is 7.87. The molecule has 1 aliphatic rings. The molecule has 51 heavy (non-hydrogen) atoms. The lowest BCUT2D eigenvalue weighted by molar-refractivity contribution is -0.169. The van der Waals surface area contributed by atoms with E-state index in [0.717, 1.165) is 24.7 Å². The van der Waals surface area contributed by atoms with E-state index < -0.39 is 42.1 Å². The number of amides is 1. The minimum absolute atomic E-state index is 0.127. The number of rotatable bonds is 13. The van der Waals surface area contributed by atoms with Crippen LogP contribution in [0.5, 0.6) is 6.01 Å². The number of hydrogen-bond donors (Lipinski definition) is 1. The lowest BCUT2D eigenvalue weighted by atomic mass is 10.1. The van der Waals surface area contributed by atoms with Crippen molar-refractivity contribution in [1.29, 1.82) is 0 Å². The van der Waals surface area contributed by atoms with Crippen LogP contribution in [0.1, 0.15) is 6.42 Å². The van der Waals surface area contributed by atoms with Crippen molar-refractivity contribution in [3.05, 3.63) is 47.7 Å². The second-order valence-electron chi connectivity index (χ2n) is 13.2. The van der Waals surface area contributed by atoms with Crippen molar-refractivity contribution < 1.29 is 46.2 Å². The van der Waals surface area contributed by atoms with Gasteiger partial charge in [0, 0.05) is 58.0 Å². The summed E-state index contributed by atoms with van der Waals surface area (Å²) in [6.07, 6.45) is -3.36. The molecule has 3 aromatic heterocycles. The lowest BCUT2D eigenvalue weighted by Gasteiger charge is -2.17. The Balaban J connectivity index is 1.40. The molecule has 5 rings (SSSR count). The van der Waals surface area contributed by atoms with Crippen LogP contribution in [-0.2, 0) is 35.5 Å². The Kier molecular flexibility index (Phi) is 11.8. The van der Waals surface area contributed by atoms with Gasteiger partial charge in [-0.1, -0.05) is 55.5 Å². The zero-order chi connectivity index (χ0) is 37.1. The van der Waals surface area contributed by atoms with Gasteiger partial charge in [0.05, 0.1) is 44.7 Å². The van der Waals surface area contributed by atoms with Gasteiger partial charge in [-0.05, 0) is 12.1 Å². The number of methoxy groups -OCH3 is 1. The molecule has 19 heteroatoms. The van der Waals surface area contributed by atoms with Crippen molar-refractivity contribution in [3.63, 3.8) is 0 Å². The average molecular weight is 771 g/mol. The van der Waals surface area contributed by atoms with Crippen molar-refractivity contribution in [2.45, 2.75) is 68.2 Å². The topological polar surface area (TPSA) is 160 Å². The summed E-state index contributed by atoms with van der Waals surface area (Å²) < 4.78 is 78.3. The number of imidazole rings is 1. The Hall–Kier alpha value is -3.52. The second-order valence-corrected chi connectivity index (χ2v) is 21.5. The molecule has 1 aromatic carbocycles. The molecule has 4 aromatic rings. The van der Waals surface area contributed by atoms with E-state index in [9.17, 15) is 27.3 Å². The first-order valence-corrected chi connectivity index (χ1v) is 21.8. The number of hydrogen-bond acceptors (Lipinski definition) is 11. The van der Waals surface area contributed by atoms with E-state index in [2.05, 4.69) is 39.0 Å². The Bertz CT molecular complexity index is 1980. The smallest absolute Gasteiger partial charge is 0.459 e. The predicted molar refractivity (Wildman–Crippen MR) is 186 cm³/mol. The summed E-state index contributed by atoms with van der Waals surface area (Å²) in [4.78, 5) is 28.8. The van der Waals surface area contributed by atoms with Crippen LogP contribution in [-0.4, -0.2) is 105 Å². The number of carbonyl (C=O) groups is 1. The normalized spacial score (nSPS) is 18.5. The number of benzene rings is 1. The van der Waals surface area contributed by atoms with Crippen LogP contribution in [0.25, 0.3) is 33.8 Å². The van der Waals surface area contributed by atoms with Gasteiger partial charge in [0.25, 0.3) is 0 Å². The molecular formula is C32H38ClF3N6O7SSi. The van der Waals surface area contributed by atoms with Crippen LogP contribution in [0.3, 0.4) is 0 Å². The van der Waals surface area contributed by atoms with Gasteiger partial charge in [-0.15, -0.1) is 4.36 Å². The summed E-state index contributed by atoms with van der Waals surface area (Å²) in [5.74, 6) is -2.25. The number of carbonyl (C=O) groups excluding carboxylic acids is 1. The first-order chi connectivity index (χ1) is 23.9. The zero-order valence-electron chi connectivity index (χ0n) is 28.5. The van der Waals surface area contributed by atoms with Crippen LogP contribution >= 0.6 is 11.6 Å². The summed E-state index contributed by atoms with van der Waals surface area (Å²) in [5.41, 5.74) is 2.61. The number of pyridine rings is 1. The molecule has 1 fully saturated rings. The molecular weight excluding hydrogens is 733 g/mol. The van der Waals surface area contributed by atoms with E-state index in [1.54, 1.807) is 34.9 Å². The highest BCUT2D eigenvalue weighted by atomic mass is 35.5. The molecule has 1 saturated heterocycles. The number of halogens is 4. The van der Waals surface area contributed by atoms with Gasteiger partial charge in [0.2, 0.25) is 0 Å². The van der Waals surface area contributed by atoms with Crippen LogP contribution in [0.15, 0.2) is 52.0 Å². The number of nitrogens with zero attached hydrogens (tertiary/aromatic N) is 6. The number of alkyl halides is 3. The van der Waals surface area contributed by atoms with Gasteiger partial charge in [0.1, 0.15) is 24.5 Å². The van der Waals surface area contributed by atoms with Gasteiger partial charge >= 0.3 is 18.1 Å². The van der Waals surface area contributed by atoms with Gasteiger partial charge in [-0.3, -0.25) is 9.36 Å². The molecule has 0 saturated carbocycles. The highest BCUT2D eigenvalue weighted by Gasteiger charge is 2.40. The first kappa shape index (κ1) is 38.7. The fourth-order valence-corrected chi connectivity index (χ4v) is 7.08. The maximum atomic E-state index is 12.7. The van der Waals surface area contributed by atoms with Gasteiger partial charge in [0.15, 0.2) is 11.5 Å². The van der Waals surface area contributed by atoms with E-state index in [-0.39, 0.29) is 42.8 Å². The fourth-order valence-electron chi connectivity index (χ4n) is 5.05. The van der Waals surface area contributed by atoms with Crippen molar-refractivity contribution >= 4 is 46.5 Å². The van der Waals surface area contributed by atoms with Crippen molar-refractivity contribution in [3.8, 4) is 28.7 Å². The van der Waals surface area contributed by atoms with Crippen LogP contribution in [0, 0.1) is 0 Å². The number of ether oxygens (including phenoxy) is 4. The minimum atomic E-state index is -5.25. The molecule has 0 aliphatic carbocycles. The quantitative estimate of drug-likeness (QED) is 0.133. The Morgan fingerprint density at radius 1 is 1.18 bits per heavy atom. The molecule has 1 aliphatic heterocycles. The third-order valence-corrected chi connectivity index (χ3v) is 11.5. The summed E-state index contributed by atoms with van der Waals surface area (Å²) in [7, 11) is -3.57. The molecule has 1 N–H and O–H groups in total. The highest BCUT2D eigenvalue weighted by Crippen LogP contribution is 2.33. The van der Waals surface area contributed by atoms with Gasteiger partial charge in [-0.2, -0.15) is 18.2 Å². The second kappa shape index (κ2) is 15.6. The van der Waals surface area contributed by atoms with E-state index in [0.29, 0.717) is 46.0 Å². The van der Waals surface area contributed by atoms with Crippen molar-refractivity contribution in [2.24, 2.45) is 4.36 Å². The Morgan fingerprint density at radius 3 is 2.47 bits per heavy atom. The third-order valence-electron chi connectivity index (χ3n) is 7.87. The lowest BCUT2D eigenvalue weighted by Crippen LogP contribution is -2.30. The molecule has 0 spiro atoms. The first-order valence-electron chi connectivity index (χ1n) is 15.8. The van der Waals surface area contributed by atoms with Gasteiger partial charge < -0.3 is 24.1 Å². The average Bonchev–Trinajstić information content (AvgIpc) is 3.66. The number of fused-ring (bicyclic) bond motifs is 1. The maximum absolute atomic E-state index is 12.7. The Morgan fingerprint density at radius 2 is 1.84 bits per heavy atom. The number of aliphatic hydroxyl groups excluding tert-OH is 1. The van der Waals surface area contributed by atoms with Crippen molar-refractivity contribution in [2.75, 3.05) is 33.2 Å². The predicted octanol–water partition coefficient (Wildman–Crippen LogP) is 5.61. The van der Waals surface area contributed by atoms with E-state index in [4.69, 9.17) is 35.5 Å².